The highest BCUT2D eigenvalue weighted by Gasteiger charge is 2.13. The van der Waals surface area contributed by atoms with E-state index in [1.54, 1.807) is 12.3 Å². The van der Waals surface area contributed by atoms with Crippen molar-refractivity contribution in [3.63, 3.8) is 0 Å². The highest BCUT2D eigenvalue weighted by atomic mass is 35.5. The van der Waals surface area contributed by atoms with Crippen molar-refractivity contribution in [2.24, 2.45) is 0 Å². The molecule has 2 nitrogen and oxygen atoms in total. The van der Waals surface area contributed by atoms with E-state index in [1.807, 2.05) is 6.92 Å². The molecule has 0 amide bonds. The zero-order valence-corrected chi connectivity index (χ0v) is 10.0. The van der Waals surface area contributed by atoms with Gasteiger partial charge in [0.15, 0.2) is 5.82 Å². The zero-order valence-electron chi connectivity index (χ0n) is 8.52. The quantitative estimate of drug-likeness (QED) is 0.821. The van der Waals surface area contributed by atoms with Gasteiger partial charge < -0.3 is 5.32 Å². The molecule has 0 saturated heterocycles. The molecule has 1 heterocycles. The van der Waals surface area contributed by atoms with E-state index in [9.17, 15) is 4.39 Å². The second kappa shape index (κ2) is 4.44. The second-order valence-corrected chi connectivity index (χ2v) is 4.05. The van der Waals surface area contributed by atoms with Crippen LogP contribution < -0.4 is 5.32 Å². The van der Waals surface area contributed by atoms with Crippen LogP contribution in [0.2, 0.25) is 10.0 Å². The standard InChI is InChI=1S/C11H9Cl2FN2/c1-2-15-7-3-4-16-8-5-6(12)11(14)10(13)9(7)8/h3-5H,2H2,1H3,(H,15,16). The summed E-state index contributed by atoms with van der Waals surface area (Å²) in [6.45, 7) is 2.67. The molecule has 0 bridgehead atoms. The number of pyridine rings is 1. The van der Waals surface area contributed by atoms with Gasteiger partial charge in [-0.2, -0.15) is 0 Å². The van der Waals surface area contributed by atoms with Crippen LogP contribution in [0.5, 0.6) is 0 Å². The lowest BCUT2D eigenvalue weighted by atomic mass is 10.2. The lowest BCUT2D eigenvalue weighted by molar-refractivity contribution is 0.630. The molecule has 0 aliphatic carbocycles. The van der Waals surface area contributed by atoms with Crippen LogP contribution in [0.25, 0.3) is 10.9 Å². The third-order valence-electron chi connectivity index (χ3n) is 2.23. The number of benzene rings is 1. The molecule has 0 atom stereocenters. The summed E-state index contributed by atoms with van der Waals surface area (Å²) in [4.78, 5) is 4.11. The summed E-state index contributed by atoms with van der Waals surface area (Å²) in [5, 5.41) is 3.66. The summed E-state index contributed by atoms with van der Waals surface area (Å²) >= 11 is 11.6. The van der Waals surface area contributed by atoms with Crippen molar-refractivity contribution in [2.75, 3.05) is 11.9 Å². The number of aromatic nitrogens is 1. The average Bonchev–Trinajstić information content (AvgIpc) is 2.26. The Labute approximate surface area is 102 Å². The summed E-state index contributed by atoms with van der Waals surface area (Å²) in [7, 11) is 0. The molecule has 2 aromatic rings. The molecule has 1 aromatic carbocycles. The van der Waals surface area contributed by atoms with Crippen LogP contribution >= 0.6 is 23.2 Å². The van der Waals surface area contributed by atoms with Gasteiger partial charge in [-0.15, -0.1) is 0 Å². The van der Waals surface area contributed by atoms with Crippen LogP contribution in [-0.2, 0) is 0 Å². The number of hydrogen-bond donors (Lipinski definition) is 1. The van der Waals surface area contributed by atoms with Crippen molar-refractivity contribution < 1.29 is 4.39 Å². The van der Waals surface area contributed by atoms with Gasteiger partial charge in [0.25, 0.3) is 0 Å². The Kier molecular flexibility index (Phi) is 3.17. The Balaban J connectivity index is 2.80. The van der Waals surface area contributed by atoms with E-state index in [-0.39, 0.29) is 10.0 Å². The summed E-state index contributed by atoms with van der Waals surface area (Å²) in [6, 6.07) is 3.23. The molecule has 5 heteroatoms. The number of halogens is 3. The number of hydrogen-bond acceptors (Lipinski definition) is 2. The summed E-state index contributed by atoms with van der Waals surface area (Å²) in [5.41, 5.74) is 1.34. The number of rotatable bonds is 2. The van der Waals surface area contributed by atoms with Crippen LogP contribution in [0, 0.1) is 5.82 Å². The molecule has 1 aromatic heterocycles. The Hall–Kier alpha value is -1.06. The monoisotopic (exact) mass is 258 g/mol. The molecule has 0 aliphatic rings. The van der Waals surface area contributed by atoms with Crippen LogP contribution in [0.1, 0.15) is 6.92 Å². The van der Waals surface area contributed by atoms with Gasteiger partial charge in [0.2, 0.25) is 0 Å². The Morgan fingerprint density at radius 2 is 2.19 bits per heavy atom. The SMILES string of the molecule is CCNc1ccnc2cc(Cl)c(F)c(Cl)c12. The van der Waals surface area contributed by atoms with Crippen molar-refractivity contribution in [2.45, 2.75) is 6.92 Å². The summed E-state index contributed by atoms with van der Waals surface area (Å²) in [6.07, 6.45) is 1.63. The Bertz CT molecular complexity index is 543. The first kappa shape index (κ1) is 11.4. The van der Waals surface area contributed by atoms with Crippen LogP contribution in [-0.4, -0.2) is 11.5 Å². The fraction of sp³-hybridized carbons (Fsp3) is 0.182. The van der Waals surface area contributed by atoms with Gasteiger partial charge in [0.1, 0.15) is 0 Å². The van der Waals surface area contributed by atoms with Gasteiger partial charge in [-0.25, -0.2) is 4.39 Å². The molecule has 2 rings (SSSR count). The van der Waals surface area contributed by atoms with Crippen molar-refractivity contribution >= 4 is 39.8 Å². The maximum Gasteiger partial charge on any atom is 0.161 e. The first-order valence-corrected chi connectivity index (χ1v) is 5.56. The van der Waals surface area contributed by atoms with Crippen molar-refractivity contribution in [3.05, 3.63) is 34.2 Å². The summed E-state index contributed by atoms with van der Waals surface area (Å²) < 4.78 is 13.6. The van der Waals surface area contributed by atoms with Gasteiger partial charge in [-0.05, 0) is 19.1 Å². The molecule has 0 aliphatic heterocycles. The zero-order chi connectivity index (χ0) is 11.7. The second-order valence-electron chi connectivity index (χ2n) is 3.27. The van der Waals surface area contributed by atoms with E-state index in [0.29, 0.717) is 10.9 Å². The van der Waals surface area contributed by atoms with E-state index in [4.69, 9.17) is 23.2 Å². The van der Waals surface area contributed by atoms with E-state index >= 15 is 0 Å². The van der Waals surface area contributed by atoms with E-state index < -0.39 is 5.82 Å². The van der Waals surface area contributed by atoms with Crippen LogP contribution in [0.3, 0.4) is 0 Å². The molecule has 1 N–H and O–H groups in total. The van der Waals surface area contributed by atoms with Gasteiger partial charge in [0, 0.05) is 23.8 Å². The first-order valence-electron chi connectivity index (χ1n) is 4.81. The fourth-order valence-corrected chi connectivity index (χ4v) is 2.10. The number of nitrogens with one attached hydrogen (secondary N) is 1. The topological polar surface area (TPSA) is 24.9 Å². The molecule has 0 radical (unpaired) electrons. The summed E-state index contributed by atoms with van der Waals surface area (Å²) in [5.74, 6) is -0.608. The van der Waals surface area contributed by atoms with E-state index in [2.05, 4.69) is 10.3 Å². The molecule has 0 spiro atoms. The van der Waals surface area contributed by atoms with Crippen molar-refractivity contribution in [1.29, 1.82) is 0 Å². The fourth-order valence-electron chi connectivity index (χ4n) is 1.55. The predicted molar refractivity (Wildman–Crippen MR) is 65.9 cm³/mol. The largest absolute Gasteiger partial charge is 0.385 e. The van der Waals surface area contributed by atoms with E-state index in [1.165, 1.54) is 6.07 Å². The third kappa shape index (κ3) is 1.81. The maximum absolute atomic E-state index is 13.6. The maximum atomic E-state index is 13.6. The highest BCUT2D eigenvalue weighted by molar-refractivity contribution is 6.39. The predicted octanol–water partition coefficient (Wildman–Crippen LogP) is 4.11. The lowest BCUT2D eigenvalue weighted by Gasteiger charge is -2.09. The van der Waals surface area contributed by atoms with E-state index in [0.717, 1.165) is 12.2 Å². The molecule has 0 unspecified atom stereocenters. The average molecular weight is 259 g/mol. The van der Waals surface area contributed by atoms with Crippen molar-refractivity contribution in [1.82, 2.24) is 4.98 Å². The lowest BCUT2D eigenvalue weighted by Crippen LogP contribution is -1.99. The number of fused-ring (bicyclic) bond motifs is 1. The highest BCUT2D eigenvalue weighted by Crippen LogP contribution is 2.34. The van der Waals surface area contributed by atoms with Crippen molar-refractivity contribution in [3.8, 4) is 0 Å². The first-order chi connectivity index (χ1) is 7.65. The molecular formula is C11H9Cl2FN2. The molecule has 0 fully saturated rings. The van der Waals surface area contributed by atoms with Crippen LogP contribution in [0.15, 0.2) is 18.3 Å². The number of anilines is 1. The smallest absolute Gasteiger partial charge is 0.161 e. The molecular weight excluding hydrogens is 250 g/mol. The van der Waals surface area contributed by atoms with Crippen LogP contribution in [0.4, 0.5) is 10.1 Å². The normalized spacial score (nSPS) is 10.8. The molecule has 16 heavy (non-hydrogen) atoms. The van der Waals surface area contributed by atoms with Gasteiger partial charge in [0.05, 0.1) is 15.6 Å². The minimum absolute atomic E-state index is 0.00606. The Morgan fingerprint density at radius 1 is 1.44 bits per heavy atom. The Morgan fingerprint density at radius 3 is 2.88 bits per heavy atom. The third-order valence-corrected chi connectivity index (χ3v) is 2.86. The minimum Gasteiger partial charge on any atom is -0.385 e. The number of nitrogens with zero attached hydrogens (tertiary/aromatic N) is 1. The molecule has 0 saturated carbocycles. The van der Waals surface area contributed by atoms with Gasteiger partial charge in [-0.1, -0.05) is 23.2 Å². The molecule has 84 valence electrons. The van der Waals surface area contributed by atoms with Gasteiger partial charge in [-0.3, -0.25) is 4.98 Å². The van der Waals surface area contributed by atoms with Gasteiger partial charge >= 0.3 is 0 Å². The minimum atomic E-state index is -0.608.